The Kier molecular flexibility index (Phi) is 4.85. The van der Waals surface area contributed by atoms with Crippen molar-refractivity contribution >= 4 is 26.8 Å². The first-order chi connectivity index (χ1) is 9.52. The van der Waals surface area contributed by atoms with Crippen LogP contribution in [0.2, 0.25) is 0 Å². The van der Waals surface area contributed by atoms with Crippen LogP contribution in [0.15, 0.2) is 27.7 Å². The third-order valence-electron chi connectivity index (χ3n) is 2.77. The minimum absolute atomic E-state index is 0.0220. The fraction of sp³-hybridized carbons (Fsp3) is 0.385. The number of benzene rings is 1. The molecule has 0 amide bonds. The van der Waals surface area contributed by atoms with Gasteiger partial charge in [-0.1, -0.05) is 15.9 Å². The van der Waals surface area contributed by atoms with Crippen molar-refractivity contribution < 1.29 is 14.2 Å². The molecule has 1 aromatic carbocycles. The van der Waals surface area contributed by atoms with E-state index in [0.717, 1.165) is 0 Å². The molecular formula is C13H14BrFN2O3. The number of halogens is 2. The SMILES string of the molecule is CCOC[C@@H](O)Cn1cnc2c(F)cc(Br)cc2c1=O. The lowest BCUT2D eigenvalue weighted by molar-refractivity contribution is 0.0329. The Hall–Kier alpha value is -1.31. The van der Waals surface area contributed by atoms with Crippen LogP contribution in [0.1, 0.15) is 6.92 Å². The van der Waals surface area contributed by atoms with E-state index in [9.17, 15) is 14.3 Å². The van der Waals surface area contributed by atoms with Crippen molar-refractivity contribution in [3.05, 3.63) is 39.1 Å². The Labute approximate surface area is 123 Å². The highest BCUT2D eigenvalue weighted by molar-refractivity contribution is 9.10. The molecule has 20 heavy (non-hydrogen) atoms. The quantitative estimate of drug-likeness (QED) is 0.896. The van der Waals surface area contributed by atoms with Gasteiger partial charge in [0.2, 0.25) is 0 Å². The van der Waals surface area contributed by atoms with E-state index in [2.05, 4.69) is 20.9 Å². The molecule has 7 heteroatoms. The molecule has 0 unspecified atom stereocenters. The average molecular weight is 345 g/mol. The molecule has 0 saturated carbocycles. The summed E-state index contributed by atoms with van der Waals surface area (Å²) in [5, 5.41) is 9.91. The Morgan fingerprint density at radius 3 is 3.00 bits per heavy atom. The maximum absolute atomic E-state index is 13.7. The predicted octanol–water partition coefficient (Wildman–Crippen LogP) is 1.70. The zero-order chi connectivity index (χ0) is 14.7. The molecular weight excluding hydrogens is 331 g/mol. The standard InChI is InChI=1S/C13H14BrFN2O3/c1-2-20-6-9(18)5-17-7-16-12-10(13(17)19)3-8(14)4-11(12)15/h3-4,7,9,18H,2,5-6H2,1H3/t9-/m0/s1. The first-order valence-electron chi connectivity index (χ1n) is 6.13. The van der Waals surface area contributed by atoms with E-state index in [1.54, 1.807) is 0 Å². The van der Waals surface area contributed by atoms with Gasteiger partial charge in [0.1, 0.15) is 5.52 Å². The molecule has 5 nitrogen and oxygen atoms in total. The van der Waals surface area contributed by atoms with Gasteiger partial charge in [-0.3, -0.25) is 9.36 Å². The van der Waals surface area contributed by atoms with Crippen molar-refractivity contribution in [2.45, 2.75) is 19.6 Å². The molecule has 108 valence electrons. The zero-order valence-electron chi connectivity index (χ0n) is 10.8. The van der Waals surface area contributed by atoms with Crippen LogP contribution in [-0.2, 0) is 11.3 Å². The predicted molar refractivity (Wildman–Crippen MR) is 76.2 cm³/mol. The van der Waals surface area contributed by atoms with Crippen LogP contribution >= 0.6 is 15.9 Å². The lowest BCUT2D eigenvalue weighted by atomic mass is 10.2. The Morgan fingerprint density at radius 2 is 2.30 bits per heavy atom. The van der Waals surface area contributed by atoms with Gasteiger partial charge in [-0.15, -0.1) is 0 Å². The summed E-state index contributed by atoms with van der Waals surface area (Å²) in [6.45, 7) is 2.49. The number of rotatable bonds is 5. The van der Waals surface area contributed by atoms with E-state index in [1.807, 2.05) is 6.92 Å². The second kappa shape index (κ2) is 6.43. The van der Waals surface area contributed by atoms with Gasteiger partial charge in [0.15, 0.2) is 5.82 Å². The minimum Gasteiger partial charge on any atom is -0.389 e. The fourth-order valence-electron chi connectivity index (χ4n) is 1.86. The van der Waals surface area contributed by atoms with E-state index in [0.29, 0.717) is 11.1 Å². The topological polar surface area (TPSA) is 64.3 Å². The Bertz CT molecular complexity index is 674. The van der Waals surface area contributed by atoms with Gasteiger partial charge in [0.25, 0.3) is 5.56 Å². The first-order valence-corrected chi connectivity index (χ1v) is 6.92. The fourth-order valence-corrected chi connectivity index (χ4v) is 2.29. The lowest BCUT2D eigenvalue weighted by Crippen LogP contribution is -2.29. The Balaban J connectivity index is 2.37. The molecule has 0 aliphatic rings. The molecule has 1 N–H and O–H groups in total. The van der Waals surface area contributed by atoms with Crippen molar-refractivity contribution in [2.24, 2.45) is 0 Å². The molecule has 0 radical (unpaired) electrons. The highest BCUT2D eigenvalue weighted by Crippen LogP contribution is 2.18. The molecule has 0 aliphatic heterocycles. The number of nitrogens with zero attached hydrogens (tertiary/aromatic N) is 2. The third kappa shape index (κ3) is 3.23. The molecule has 0 spiro atoms. The summed E-state index contributed by atoms with van der Waals surface area (Å²) in [5.41, 5.74) is -0.375. The molecule has 1 heterocycles. The summed E-state index contributed by atoms with van der Waals surface area (Å²) >= 11 is 3.14. The number of aliphatic hydroxyl groups is 1. The van der Waals surface area contributed by atoms with E-state index in [1.165, 1.54) is 23.0 Å². The van der Waals surface area contributed by atoms with Crippen molar-refractivity contribution in [3.63, 3.8) is 0 Å². The summed E-state index contributed by atoms with van der Waals surface area (Å²) in [5.74, 6) is -0.562. The van der Waals surface area contributed by atoms with Gasteiger partial charge in [0.05, 0.1) is 31.0 Å². The van der Waals surface area contributed by atoms with Crippen LogP contribution in [0.4, 0.5) is 4.39 Å². The van der Waals surface area contributed by atoms with Gasteiger partial charge in [0, 0.05) is 11.1 Å². The van der Waals surface area contributed by atoms with Crippen molar-refractivity contribution in [1.82, 2.24) is 9.55 Å². The second-order valence-corrected chi connectivity index (χ2v) is 5.21. The largest absolute Gasteiger partial charge is 0.389 e. The molecule has 0 saturated heterocycles. The number of aromatic nitrogens is 2. The van der Waals surface area contributed by atoms with Gasteiger partial charge in [-0.05, 0) is 19.1 Å². The van der Waals surface area contributed by atoms with Crippen LogP contribution in [0.5, 0.6) is 0 Å². The van der Waals surface area contributed by atoms with E-state index in [4.69, 9.17) is 4.74 Å². The zero-order valence-corrected chi connectivity index (χ0v) is 12.4. The van der Waals surface area contributed by atoms with Gasteiger partial charge in [-0.25, -0.2) is 9.37 Å². The van der Waals surface area contributed by atoms with Crippen LogP contribution in [-0.4, -0.2) is 34.0 Å². The maximum atomic E-state index is 13.7. The van der Waals surface area contributed by atoms with Crippen molar-refractivity contribution in [3.8, 4) is 0 Å². The summed E-state index contributed by atoms with van der Waals surface area (Å²) < 4.78 is 20.5. The monoisotopic (exact) mass is 344 g/mol. The van der Waals surface area contributed by atoms with Crippen LogP contribution in [0, 0.1) is 5.82 Å². The van der Waals surface area contributed by atoms with Gasteiger partial charge < -0.3 is 9.84 Å². The summed E-state index contributed by atoms with van der Waals surface area (Å²) in [4.78, 5) is 16.2. The number of fused-ring (bicyclic) bond motifs is 1. The summed E-state index contributed by atoms with van der Waals surface area (Å²) in [7, 11) is 0. The first kappa shape index (κ1) is 15.1. The highest BCUT2D eigenvalue weighted by Gasteiger charge is 2.12. The van der Waals surface area contributed by atoms with Gasteiger partial charge >= 0.3 is 0 Å². The molecule has 1 aromatic heterocycles. The maximum Gasteiger partial charge on any atom is 0.261 e. The number of hydrogen-bond acceptors (Lipinski definition) is 4. The minimum atomic E-state index is -0.816. The van der Waals surface area contributed by atoms with E-state index in [-0.39, 0.29) is 24.1 Å². The molecule has 1 atom stereocenters. The van der Waals surface area contributed by atoms with Crippen LogP contribution in [0.25, 0.3) is 10.9 Å². The smallest absolute Gasteiger partial charge is 0.261 e. The van der Waals surface area contributed by atoms with Crippen molar-refractivity contribution in [1.29, 1.82) is 0 Å². The molecule has 0 aliphatic carbocycles. The van der Waals surface area contributed by atoms with Crippen LogP contribution in [0.3, 0.4) is 0 Å². The molecule has 2 aromatic rings. The van der Waals surface area contributed by atoms with E-state index >= 15 is 0 Å². The third-order valence-corrected chi connectivity index (χ3v) is 3.23. The molecule has 0 fully saturated rings. The second-order valence-electron chi connectivity index (χ2n) is 4.30. The molecule has 2 rings (SSSR count). The average Bonchev–Trinajstić information content (AvgIpc) is 2.40. The molecule has 0 bridgehead atoms. The summed E-state index contributed by atoms with van der Waals surface area (Å²) in [6.07, 6.45) is 0.417. The van der Waals surface area contributed by atoms with Gasteiger partial charge in [-0.2, -0.15) is 0 Å². The highest BCUT2D eigenvalue weighted by atomic mass is 79.9. The number of aliphatic hydroxyl groups excluding tert-OH is 1. The number of ether oxygens (including phenoxy) is 1. The Morgan fingerprint density at radius 1 is 1.55 bits per heavy atom. The van der Waals surface area contributed by atoms with E-state index < -0.39 is 17.5 Å². The van der Waals surface area contributed by atoms with Crippen LogP contribution < -0.4 is 5.56 Å². The number of hydrogen-bond donors (Lipinski definition) is 1. The summed E-state index contributed by atoms with van der Waals surface area (Å²) in [6, 6.07) is 2.77. The lowest BCUT2D eigenvalue weighted by Gasteiger charge is -2.12. The van der Waals surface area contributed by atoms with Crippen molar-refractivity contribution in [2.75, 3.05) is 13.2 Å². The normalized spacial score (nSPS) is 12.8.